The molecule has 222 valence electrons. The fraction of sp³-hybridized carbons (Fsp3) is 0.200. The zero-order valence-corrected chi connectivity index (χ0v) is 25.4. The minimum absolute atomic E-state index is 0.365. The van der Waals surface area contributed by atoms with E-state index >= 15 is 0 Å². The lowest BCUT2D eigenvalue weighted by Gasteiger charge is -2.09. The van der Waals surface area contributed by atoms with E-state index in [4.69, 9.17) is 9.47 Å². The van der Waals surface area contributed by atoms with E-state index in [2.05, 4.69) is 19.9 Å². The molecule has 0 heterocycles. The number of ether oxygens (including phenoxy) is 2. The molecule has 0 aliphatic carbocycles. The standard InChI is InChI=1S/C40H38O4/c1-3-5-8-29-12-16-33(17-13-29)39(41)43-37-24-20-31(21-25-37)35-10-7-11-36(28-35)32-22-26-38(27-23-32)44-40(42)34-18-14-30(15-19-34)9-6-4-2/h7,10-28H,3-6,8-9H2,1-2H3. The van der Waals surface area contributed by atoms with Crippen LogP contribution in [0.1, 0.15) is 71.4 Å². The molecule has 4 nitrogen and oxygen atoms in total. The van der Waals surface area contributed by atoms with Gasteiger partial charge in [0, 0.05) is 0 Å². The number of hydrogen-bond acceptors (Lipinski definition) is 4. The molecule has 0 aliphatic heterocycles. The average Bonchev–Trinajstić information content (AvgIpc) is 3.07. The molecular weight excluding hydrogens is 544 g/mol. The maximum Gasteiger partial charge on any atom is 0.343 e. The summed E-state index contributed by atoms with van der Waals surface area (Å²) < 4.78 is 11.2. The first-order valence-corrected chi connectivity index (χ1v) is 15.5. The van der Waals surface area contributed by atoms with Crippen molar-refractivity contribution in [2.75, 3.05) is 0 Å². The summed E-state index contributed by atoms with van der Waals surface area (Å²) in [4.78, 5) is 25.3. The van der Waals surface area contributed by atoms with Crippen molar-refractivity contribution in [3.63, 3.8) is 0 Å². The van der Waals surface area contributed by atoms with Crippen molar-refractivity contribution in [1.82, 2.24) is 0 Å². The molecule has 0 unspecified atom stereocenters. The topological polar surface area (TPSA) is 52.6 Å². The Bertz CT molecular complexity index is 1540. The predicted octanol–water partition coefficient (Wildman–Crippen LogP) is 10.1. The molecular formula is C40H38O4. The van der Waals surface area contributed by atoms with Crippen molar-refractivity contribution in [2.24, 2.45) is 0 Å². The third-order valence-electron chi connectivity index (χ3n) is 7.68. The molecule has 0 amide bonds. The van der Waals surface area contributed by atoms with Crippen LogP contribution in [0, 0.1) is 0 Å². The Kier molecular flexibility index (Phi) is 10.4. The molecule has 5 rings (SSSR count). The second-order valence-electron chi connectivity index (χ2n) is 11.0. The molecule has 4 heteroatoms. The van der Waals surface area contributed by atoms with Gasteiger partial charge < -0.3 is 9.47 Å². The van der Waals surface area contributed by atoms with Crippen LogP contribution in [0.25, 0.3) is 22.3 Å². The van der Waals surface area contributed by atoms with Gasteiger partial charge in [-0.3, -0.25) is 0 Å². The van der Waals surface area contributed by atoms with Gasteiger partial charge in [-0.15, -0.1) is 0 Å². The van der Waals surface area contributed by atoms with Crippen molar-refractivity contribution in [1.29, 1.82) is 0 Å². The van der Waals surface area contributed by atoms with E-state index in [-0.39, 0.29) is 11.9 Å². The van der Waals surface area contributed by atoms with E-state index in [0.29, 0.717) is 22.6 Å². The summed E-state index contributed by atoms with van der Waals surface area (Å²) in [6.45, 7) is 4.34. The number of hydrogen-bond donors (Lipinski definition) is 0. The lowest BCUT2D eigenvalue weighted by Crippen LogP contribution is -2.08. The van der Waals surface area contributed by atoms with E-state index in [1.807, 2.05) is 115 Å². The molecule has 0 radical (unpaired) electrons. The van der Waals surface area contributed by atoms with Gasteiger partial charge in [0.05, 0.1) is 11.1 Å². The lowest BCUT2D eigenvalue weighted by molar-refractivity contribution is 0.0725. The van der Waals surface area contributed by atoms with Gasteiger partial charge in [0.15, 0.2) is 0 Å². The van der Waals surface area contributed by atoms with Gasteiger partial charge in [-0.1, -0.05) is 93.4 Å². The molecule has 5 aromatic carbocycles. The average molecular weight is 583 g/mol. The van der Waals surface area contributed by atoms with Gasteiger partial charge in [0.1, 0.15) is 11.5 Å². The highest BCUT2D eigenvalue weighted by molar-refractivity contribution is 5.91. The zero-order valence-electron chi connectivity index (χ0n) is 25.4. The van der Waals surface area contributed by atoms with Crippen LogP contribution in [-0.2, 0) is 12.8 Å². The maximum atomic E-state index is 12.6. The highest BCUT2D eigenvalue weighted by Gasteiger charge is 2.11. The van der Waals surface area contributed by atoms with Crippen molar-refractivity contribution >= 4 is 11.9 Å². The minimum Gasteiger partial charge on any atom is -0.423 e. The van der Waals surface area contributed by atoms with Crippen LogP contribution >= 0.6 is 0 Å². The second-order valence-corrected chi connectivity index (χ2v) is 11.0. The highest BCUT2D eigenvalue weighted by Crippen LogP contribution is 2.29. The number of benzene rings is 5. The van der Waals surface area contributed by atoms with Gasteiger partial charge in [0.25, 0.3) is 0 Å². The normalized spacial score (nSPS) is 10.8. The molecule has 0 N–H and O–H groups in total. The summed E-state index contributed by atoms with van der Waals surface area (Å²) in [5.74, 6) is 0.275. The molecule has 0 saturated carbocycles. The summed E-state index contributed by atoms with van der Waals surface area (Å²) in [5.41, 5.74) is 7.65. The Labute approximate surface area is 260 Å². The van der Waals surface area contributed by atoms with E-state index < -0.39 is 0 Å². The van der Waals surface area contributed by atoms with Crippen LogP contribution < -0.4 is 9.47 Å². The fourth-order valence-corrected chi connectivity index (χ4v) is 5.02. The Morgan fingerprint density at radius 2 is 0.864 bits per heavy atom. The van der Waals surface area contributed by atoms with Gasteiger partial charge in [-0.25, -0.2) is 9.59 Å². The molecule has 44 heavy (non-hydrogen) atoms. The molecule has 0 saturated heterocycles. The predicted molar refractivity (Wildman–Crippen MR) is 177 cm³/mol. The first-order valence-electron chi connectivity index (χ1n) is 15.5. The molecule has 0 fully saturated rings. The van der Waals surface area contributed by atoms with Gasteiger partial charge in [0.2, 0.25) is 0 Å². The van der Waals surface area contributed by atoms with Crippen molar-refractivity contribution in [3.8, 4) is 33.8 Å². The van der Waals surface area contributed by atoms with E-state index in [9.17, 15) is 9.59 Å². The van der Waals surface area contributed by atoms with Crippen LogP contribution in [0.2, 0.25) is 0 Å². The van der Waals surface area contributed by atoms with Crippen molar-refractivity contribution in [2.45, 2.75) is 52.4 Å². The van der Waals surface area contributed by atoms with Crippen LogP contribution in [0.5, 0.6) is 11.5 Å². The van der Waals surface area contributed by atoms with E-state index in [1.165, 1.54) is 11.1 Å². The lowest BCUT2D eigenvalue weighted by atomic mass is 9.99. The second kappa shape index (κ2) is 15.0. The molecule has 5 aromatic rings. The fourth-order valence-electron chi connectivity index (χ4n) is 5.02. The molecule has 0 spiro atoms. The molecule has 0 aliphatic rings. The van der Waals surface area contributed by atoms with Crippen molar-refractivity contribution < 1.29 is 19.1 Å². The maximum absolute atomic E-state index is 12.6. The summed E-state index contributed by atoms with van der Waals surface area (Å²) in [6, 6.07) is 38.6. The van der Waals surface area contributed by atoms with Gasteiger partial charge >= 0.3 is 11.9 Å². The van der Waals surface area contributed by atoms with Crippen molar-refractivity contribution in [3.05, 3.63) is 144 Å². The third kappa shape index (κ3) is 8.11. The van der Waals surface area contributed by atoms with Crippen LogP contribution in [-0.4, -0.2) is 11.9 Å². The van der Waals surface area contributed by atoms with Crippen LogP contribution in [0.15, 0.2) is 121 Å². The largest absolute Gasteiger partial charge is 0.423 e. The summed E-state index contributed by atoms with van der Waals surface area (Å²) in [6.07, 6.45) is 6.60. The number of carbonyl (C=O) groups excluding carboxylic acids is 2. The van der Waals surface area contributed by atoms with Gasteiger partial charge in [-0.2, -0.15) is 0 Å². The number of esters is 2. The first-order chi connectivity index (χ1) is 21.5. The summed E-state index contributed by atoms with van der Waals surface area (Å²) in [7, 11) is 0. The number of carbonyl (C=O) groups is 2. The number of rotatable bonds is 12. The summed E-state index contributed by atoms with van der Waals surface area (Å²) >= 11 is 0. The van der Waals surface area contributed by atoms with Crippen LogP contribution in [0.4, 0.5) is 0 Å². The number of aryl methyl sites for hydroxylation is 2. The molecule has 0 bridgehead atoms. The first kappa shape index (κ1) is 30.5. The minimum atomic E-state index is -0.365. The summed E-state index contributed by atoms with van der Waals surface area (Å²) in [5, 5.41) is 0. The van der Waals surface area contributed by atoms with Crippen LogP contribution in [0.3, 0.4) is 0 Å². The molecule has 0 aromatic heterocycles. The Balaban J connectivity index is 1.19. The number of unbranched alkanes of at least 4 members (excludes halogenated alkanes) is 2. The Morgan fingerprint density at radius 3 is 1.23 bits per heavy atom. The smallest absolute Gasteiger partial charge is 0.343 e. The Morgan fingerprint density at radius 1 is 0.477 bits per heavy atom. The van der Waals surface area contributed by atoms with E-state index in [0.717, 1.165) is 60.8 Å². The quantitative estimate of drug-likeness (QED) is 0.108. The Hall–Kier alpha value is -4.96. The third-order valence-corrected chi connectivity index (χ3v) is 7.68. The zero-order chi connectivity index (χ0) is 30.7. The highest BCUT2D eigenvalue weighted by atomic mass is 16.5. The molecule has 0 atom stereocenters. The monoisotopic (exact) mass is 582 g/mol. The van der Waals surface area contributed by atoms with Gasteiger partial charge in [-0.05, 0) is 114 Å². The SMILES string of the molecule is CCCCc1ccc(C(=O)Oc2ccc(-c3cccc(-c4ccc(OC(=O)c5ccc(CCCC)cc5)cc4)c3)cc2)cc1. The van der Waals surface area contributed by atoms with E-state index in [1.54, 1.807) is 0 Å².